The Morgan fingerprint density at radius 1 is 1.15 bits per heavy atom. The van der Waals surface area contributed by atoms with Crippen LogP contribution in [0.4, 0.5) is 25.8 Å². The lowest BCUT2D eigenvalue weighted by Gasteiger charge is -2.10. The van der Waals surface area contributed by atoms with Crippen molar-refractivity contribution in [2.24, 2.45) is 0 Å². The molecule has 1 N–H and O–H groups in total. The topological polar surface area (TPSA) is 64.4 Å². The van der Waals surface area contributed by atoms with Crippen LogP contribution < -0.4 is 10.1 Å². The number of ether oxygens (including phenoxy) is 1. The fraction of sp³-hybridized carbons (Fsp3) is 0.0769. The number of rotatable bonds is 4. The van der Waals surface area contributed by atoms with Crippen LogP contribution in [-0.2, 0) is 0 Å². The van der Waals surface area contributed by atoms with E-state index >= 15 is 0 Å². The number of nitrogens with zero attached hydrogens (tertiary/aromatic N) is 1. The molecule has 5 nitrogen and oxygen atoms in total. The number of hydrogen-bond acceptors (Lipinski definition) is 4. The van der Waals surface area contributed by atoms with Gasteiger partial charge in [-0.25, -0.2) is 4.39 Å². The minimum Gasteiger partial charge on any atom is -0.497 e. The van der Waals surface area contributed by atoms with Crippen molar-refractivity contribution in [3.8, 4) is 5.75 Å². The summed E-state index contributed by atoms with van der Waals surface area (Å²) >= 11 is 0. The van der Waals surface area contributed by atoms with E-state index in [-0.39, 0.29) is 11.4 Å². The van der Waals surface area contributed by atoms with E-state index < -0.39 is 22.2 Å². The molecule has 0 bridgehead atoms. The number of methoxy groups -OCH3 is 1. The molecule has 0 aliphatic carbocycles. The summed E-state index contributed by atoms with van der Waals surface area (Å²) in [4.78, 5) is 9.98. The van der Waals surface area contributed by atoms with Gasteiger partial charge in [0.15, 0.2) is 0 Å². The van der Waals surface area contributed by atoms with Crippen LogP contribution in [0.25, 0.3) is 0 Å². The second-order valence-electron chi connectivity index (χ2n) is 3.86. The number of nitro groups is 1. The number of nitrogens with one attached hydrogen (secondary N) is 1. The largest absolute Gasteiger partial charge is 0.497 e. The molecule has 20 heavy (non-hydrogen) atoms. The fourth-order valence-corrected chi connectivity index (χ4v) is 1.67. The average Bonchev–Trinajstić information content (AvgIpc) is 2.41. The molecular formula is C13H10F2N2O3. The van der Waals surface area contributed by atoms with E-state index in [1.165, 1.54) is 31.4 Å². The molecule has 0 saturated heterocycles. The van der Waals surface area contributed by atoms with Gasteiger partial charge in [-0.05, 0) is 24.3 Å². The Bertz CT molecular complexity index is 662. The molecule has 0 aliphatic heterocycles. The van der Waals surface area contributed by atoms with Crippen molar-refractivity contribution in [3.05, 3.63) is 58.1 Å². The summed E-state index contributed by atoms with van der Waals surface area (Å²) in [6, 6.07) is 7.42. The van der Waals surface area contributed by atoms with Crippen LogP contribution in [0.1, 0.15) is 0 Å². The first-order chi connectivity index (χ1) is 9.52. The minimum absolute atomic E-state index is 0.0435. The van der Waals surface area contributed by atoms with E-state index in [2.05, 4.69) is 5.32 Å². The monoisotopic (exact) mass is 280 g/mol. The molecule has 2 aromatic rings. The zero-order chi connectivity index (χ0) is 14.7. The van der Waals surface area contributed by atoms with E-state index in [9.17, 15) is 18.9 Å². The Kier molecular flexibility index (Phi) is 3.79. The van der Waals surface area contributed by atoms with Crippen molar-refractivity contribution in [2.45, 2.75) is 0 Å². The zero-order valence-electron chi connectivity index (χ0n) is 10.4. The Morgan fingerprint density at radius 3 is 2.55 bits per heavy atom. The second kappa shape index (κ2) is 5.52. The van der Waals surface area contributed by atoms with Crippen molar-refractivity contribution in [2.75, 3.05) is 12.4 Å². The van der Waals surface area contributed by atoms with Gasteiger partial charge < -0.3 is 10.1 Å². The molecular weight excluding hydrogens is 270 g/mol. The highest BCUT2D eigenvalue weighted by atomic mass is 19.1. The van der Waals surface area contributed by atoms with Crippen molar-refractivity contribution in [1.29, 1.82) is 0 Å². The SMILES string of the molecule is COc1ccc(F)c(Nc2cccc(F)c2[N+](=O)[O-])c1. The maximum absolute atomic E-state index is 13.6. The molecule has 104 valence electrons. The first kappa shape index (κ1) is 13.7. The van der Waals surface area contributed by atoms with Gasteiger partial charge in [-0.3, -0.25) is 10.1 Å². The summed E-state index contributed by atoms with van der Waals surface area (Å²) in [5.41, 5.74) is -0.921. The molecule has 0 amide bonds. The quantitative estimate of drug-likeness (QED) is 0.686. The first-order valence-electron chi connectivity index (χ1n) is 5.56. The summed E-state index contributed by atoms with van der Waals surface area (Å²) in [5.74, 6) is -1.26. The molecule has 0 atom stereocenters. The standard InChI is InChI=1S/C13H10F2N2O3/c1-20-8-5-6-9(14)12(7-8)16-11-4-2-3-10(15)13(11)17(18)19/h2-7,16H,1H3. The van der Waals surface area contributed by atoms with Gasteiger partial charge in [0.05, 0.1) is 17.7 Å². The van der Waals surface area contributed by atoms with Gasteiger partial charge >= 0.3 is 5.69 Å². The van der Waals surface area contributed by atoms with Crippen LogP contribution in [0.3, 0.4) is 0 Å². The summed E-state index contributed by atoms with van der Waals surface area (Å²) in [7, 11) is 1.40. The highest BCUT2D eigenvalue weighted by molar-refractivity contribution is 5.70. The smallest absolute Gasteiger partial charge is 0.327 e. The van der Waals surface area contributed by atoms with E-state index in [1.54, 1.807) is 0 Å². The predicted octanol–water partition coefficient (Wildman–Crippen LogP) is 3.63. The molecule has 0 heterocycles. The van der Waals surface area contributed by atoms with Crippen molar-refractivity contribution < 1.29 is 18.4 Å². The maximum Gasteiger partial charge on any atom is 0.327 e. The third-order valence-electron chi connectivity index (χ3n) is 2.61. The molecule has 0 aromatic heterocycles. The predicted molar refractivity (Wildman–Crippen MR) is 69.3 cm³/mol. The summed E-state index contributed by atoms with van der Waals surface area (Å²) < 4.78 is 32.0. The number of para-hydroxylation sites is 1. The highest BCUT2D eigenvalue weighted by Gasteiger charge is 2.20. The highest BCUT2D eigenvalue weighted by Crippen LogP contribution is 2.32. The molecule has 0 unspecified atom stereocenters. The van der Waals surface area contributed by atoms with Crippen LogP contribution in [-0.4, -0.2) is 12.0 Å². The third-order valence-corrected chi connectivity index (χ3v) is 2.61. The fourth-order valence-electron chi connectivity index (χ4n) is 1.67. The van der Waals surface area contributed by atoms with Crippen LogP contribution in [0, 0.1) is 21.7 Å². The van der Waals surface area contributed by atoms with E-state index in [0.29, 0.717) is 5.75 Å². The minimum atomic E-state index is -0.997. The number of halogens is 2. The van der Waals surface area contributed by atoms with Gasteiger partial charge in [-0.1, -0.05) is 6.07 Å². The maximum atomic E-state index is 13.6. The van der Waals surface area contributed by atoms with E-state index in [1.807, 2.05) is 0 Å². The molecule has 7 heteroatoms. The van der Waals surface area contributed by atoms with Crippen LogP contribution >= 0.6 is 0 Å². The first-order valence-corrected chi connectivity index (χ1v) is 5.56. The average molecular weight is 280 g/mol. The third kappa shape index (κ3) is 2.66. The summed E-state index contributed by atoms with van der Waals surface area (Å²) in [6.07, 6.45) is 0. The Labute approximate surface area is 113 Å². The van der Waals surface area contributed by atoms with Crippen molar-refractivity contribution >= 4 is 17.1 Å². The van der Waals surface area contributed by atoms with Gasteiger partial charge in [0.1, 0.15) is 17.3 Å². The summed E-state index contributed by atoms with van der Waals surface area (Å²) in [6.45, 7) is 0. The van der Waals surface area contributed by atoms with Gasteiger partial charge in [0, 0.05) is 6.07 Å². The molecule has 0 fully saturated rings. The molecule has 0 radical (unpaired) electrons. The Balaban J connectivity index is 2.45. The summed E-state index contributed by atoms with van der Waals surface area (Å²) in [5, 5.41) is 13.3. The number of anilines is 2. The van der Waals surface area contributed by atoms with E-state index in [0.717, 1.165) is 12.1 Å². The molecule has 0 spiro atoms. The second-order valence-corrected chi connectivity index (χ2v) is 3.86. The van der Waals surface area contributed by atoms with Crippen LogP contribution in [0.15, 0.2) is 36.4 Å². The Hall–Kier alpha value is -2.70. The molecule has 0 aliphatic rings. The number of nitro benzene ring substituents is 1. The van der Waals surface area contributed by atoms with Gasteiger partial charge in [-0.15, -0.1) is 0 Å². The number of hydrogen-bond donors (Lipinski definition) is 1. The molecule has 2 aromatic carbocycles. The van der Waals surface area contributed by atoms with E-state index in [4.69, 9.17) is 4.74 Å². The molecule has 2 rings (SSSR count). The zero-order valence-corrected chi connectivity index (χ0v) is 10.4. The lowest BCUT2D eigenvalue weighted by molar-refractivity contribution is -0.386. The van der Waals surface area contributed by atoms with Gasteiger partial charge in [-0.2, -0.15) is 4.39 Å². The normalized spacial score (nSPS) is 10.2. The van der Waals surface area contributed by atoms with Crippen molar-refractivity contribution in [3.63, 3.8) is 0 Å². The molecule has 0 saturated carbocycles. The Morgan fingerprint density at radius 2 is 1.90 bits per heavy atom. The van der Waals surface area contributed by atoms with Gasteiger partial charge in [0.25, 0.3) is 0 Å². The number of benzene rings is 2. The lowest BCUT2D eigenvalue weighted by atomic mass is 10.2. The van der Waals surface area contributed by atoms with Crippen LogP contribution in [0.2, 0.25) is 0 Å². The van der Waals surface area contributed by atoms with Crippen LogP contribution in [0.5, 0.6) is 5.75 Å². The van der Waals surface area contributed by atoms with Crippen molar-refractivity contribution in [1.82, 2.24) is 0 Å². The van der Waals surface area contributed by atoms with Gasteiger partial charge in [0.2, 0.25) is 5.82 Å². The lowest BCUT2D eigenvalue weighted by Crippen LogP contribution is -2.01.